The molecule has 0 unspecified atom stereocenters. The molecule has 2 aromatic rings. The summed E-state index contributed by atoms with van der Waals surface area (Å²) < 4.78 is 61.9. The number of urea groups is 1. The molecule has 8 nitrogen and oxygen atoms in total. The molecule has 0 bridgehead atoms. The van der Waals surface area contributed by atoms with E-state index in [2.05, 4.69) is 9.88 Å². The number of halogens is 3. The molecule has 1 spiro atoms. The molecule has 3 fully saturated rings. The van der Waals surface area contributed by atoms with Gasteiger partial charge in [-0.1, -0.05) is 0 Å². The molecule has 1 aromatic heterocycles. The number of alkyl halides is 3. The number of benzene rings is 1. The van der Waals surface area contributed by atoms with Crippen LogP contribution in [-0.2, 0) is 21.2 Å². The van der Waals surface area contributed by atoms with Crippen LogP contribution >= 0.6 is 0 Å². The third kappa shape index (κ3) is 3.83. The summed E-state index contributed by atoms with van der Waals surface area (Å²) in [4.78, 5) is 34.6. The van der Waals surface area contributed by atoms with Gasteiger partial charge in [0.15, 0.2) is 0 Å². The largest absolute Gasteiger partial charge is 0.501 e. The Morgan fingerprint density at radius 2 is 1.63 bits per heavy atom. The van der Waals surface area contributed by atoms with Gasteiger partial charge >= 0.3 is 11.5 Å². The van der Waals surface area contributed by atoms with Crippen molar-refractivity contribution < 1.29 is 31.2 Å². The molecule has 3 amide bonds. The van der Waals surface area contributed by atoms with Gasteiger partial charge in [-0.2, -0.15) is 13.2 Å². The fraction of sp³-hybridized carbons (Fsp3) is 0.435. The lowest BCUT2D eigenvalue weighted by Crippen LogP contribution is -2.37. The van der Waals surface area contributed by atoms with Crippen LogP contribution in [0.3, 0.4) is 0 Å². The molecule has 0 atom stereocenters. The van der Waals surface area contributed by atoms with Gasteiger partial charge in [0.25, 0.3) is 15.7 Å². The first-order valence-corrected chi connectivity index (χ1v) is 12.8. The van der Waals surface area contributed by atoms with Crippen molar-refractivity contribution >= 4 is 33.2 Å². The van der Waals surface area contributed by atoms with Crippen LogP contribution in [0.4, 0.5) is 29.3 Å². The normalized spacial score (nSPS) is 20.1. The number of hydrogen-bond acceptors (Lipinski definition) is 6. The fourth-order valence-electron chi connectivity index (χ4n) is 4.81. The molecule has 1 saturated carbocycles. The van der Waals surface area contributed by atoms with Gasteiger partial charge in [0, 0.05) is 19.3 Å². The Kier molecular flexibility index (Phi) is 5.53. The summed E-state index contributed by atoms with van der Waals surface area (Å²) >= 11 is 0. The zero-order valence-corrected chi connectivity index (χ0v) is 19.5. The Morgan fingerprint density at radius 1 is 0.971 bits per heavy atom. The number of carbonyl (C=O) groups is 2. The highest BCUT2D eigenvalue weighted by atomic mass is 32.2. The summed E-state index contributed by atoms with van der Waals surface area (Å²) in [5, 5.41) is 0. The maximum absolute atomic E-state index is 13.4. The zero-order valence-electron chi connectivity index (χ0n) is 18.7. The second kappa shape index (κ2) is 8.21. The molecule has 1 aliphatic carbocycles. The molecule has 186 valence electrons. The first-order chi connectivity index (χ1) is 16.6. The van der Waals surface area contributed by atoms with Crippen molar-refractivity contribution in [1.82, 2.24) is 9.88 Å². The van der Waals surface area contributed by atoms with E-state index in [1.165, 1.54) is 4.90 Å². The zero-order chi connectivity index (χ0) is 25.0. The van der Waals surface area contributed by atoms with Crippen molar-refractivity contribution in [3.8, 4) is 0 Å². The number of pyridine rings is 1. The van der Waals surface area contributed by atoms with Crippen LogP contribution in [-0.4, -0.2) is 54.4 Å². The maximum Gasteiger partial charge on any atom is 0.501 e. The first-order valence-electron chi connectivity index (χ1n) is 11.3. The number of rotatable bonds is 5. The minimum atomic E-state index is -5.53. The molecule has 1 aromatic carbocycles. The Morgan fingerprint density at radius 3 is 2.23 bits per heavy atom. The molecule has 35 heavy (non-hydrogen) atoms. The highest BCUT2D eigenvalue weighted by Gasteiger charge is 2.65. The number of aromatic nitrogens is 1. The van der Waals surface area contributed by atoms with Crippen LogP contribution in [0.2, 0.25) is 0 Å². The number of carbonyl (C=O) groups excluding carboxylic acids is 2. The van der Waals surface area contributed by atoms with Gasteiger partial charge in [0.2, 0.25) is 0 Å². The Balaban J connectivity index is 1.43. The van der Waals surface area contributed by atoms with E-state index in [-0.39, 0.29) is 12.2 Å². The van der Waals surface area contributed by atoms with E-state index < -0.39 is 37.7 Å². The van der Waals surface area contributed by atoms with E-state index in [0.29, 0.717) is 12.8 Å². The second-order valence-electron chi connectivity index (χ2n) is 9.04. The van der Waals surface area contributed by atoms with Crippen LogP contribution in [0.5, 0.6) is 0 Å². The smallest absolute Gasteiger partial charge is 0.370 e. The third-order valence-corrected chi connectivity index (χ3v) is 8.39. The highest BCUT2D eigenvalue weighted by Crippen LogP contribution is 2.50. The van der Waals surface area contributed by atoms with E-state index in [1.807, 2.05) is 6.07 Å². The van der Waals surface area contributed by atoms with Crippen LogP contribution < -0.4 is 9.80 Å². The van der Waals surface area contributed by atoms with Gasteiger partial charge in [-0.25, -0.2) is 18.1 Å². The molecule has 3 aliphatic rings. The summed E-state index contributed by atoms with van der Waals surface area (Å²) in [6.07, 6.45) is 7.66. The molecule has 2 aliphatic heterocycles. The van der Waals surface area contributed by atoms with E-state index in [9.17, 15) is 31.2 Å². The average molecular weight is 509 g/mol. The summed E-state index contributed by atoms with van der Waals surface area (Å²) in [5.41, 5.74) is -4.62. The molecular formula is C23H23F3N4O4S. The predicted octanol–water partition coefficient (Wildman–Crippen LogP) is 3.87. The number of piperidine rings is 1. The average Bonchev–Trinajstić information content (AvgIpc) is 3.61. The van der Waals surface area contributed by atoms with E-state index in [0.717, 1.165) is 72.8 Å². The van der Waals surface area contributed by atoms with Gasteiger partial charge in [-0.15, -0.1) is 0 Å². The van der Waals surface area contributed by atoms with Crippen LogP contribution in [0.1, 0.15) is 37.7 Å². The summed E-state index contributed by atoms with van der Waals surface area (Å²) in [7, 11) is -5.53. The van der Waals surface area contributed by atoms with Gasteiger partial charge in [-0.3, -0.25) is 9.78 Å². The number of amides is 3. The summed E-state index contributed by atoms with van der Waals surface area (Å²) in [6, 6.07) is 4.88. The molecule has 0 N–H and O–H groups in total. The van der Waals surface area contributed by atoms with Crippen molar-refractivity contribution in [1.29, 1.82) is 0 Å². The number of sulfone groups is 1. The van der Waals surface area contributed by atoms with Gasteiger partial charge in [-0.05, 0) is 68.0 Å². The third-order valence-electron chi connectivity index (χ3n) is 6.89. The van der Waals surface area contributed by atoms with Crippen molar-refractivity contribution in [3.05, 3.63) is 48.3 Å². The number of nitrogens with zero attached hydrogens (tertiary/aromatic N) is 4. The molecular weight excluding hydrogens is 485 g/mol. The Bertz CT molecular complexity index is 1270. The quantitative estimate of drug-likeness (QED) is 0.570. The lowest BCUT2D eigenvalue weighted by molar-refractivity contribution is -0.120. The van der Waals surface area contributed by atoms with E-state index in [4.69, 9.17) is 0 Å². The standard InChI is InChI=1S/C23H23F3N4O4S/c24-23(25,26)35(33,34)18-6-4-17(5-7-18)30-20(31)22(9-10-22)29(21(30)32)15-16-8-11-27-14-19(16)28-12-2-1-3-13-28/h4-8,11,14H,1-3,9-10,12-13,15H2. The fourth-order valence-corrected chi connectivity index (χ4v) is 5.57. The second-order valence-corrected chi connectivity index (χ2v) is 11.0. The van der Waals surface area contributed by atoms with Crippen LogP contribution in [0, 0.1) is 0 Å². The van der Waals surface area contributed by atoms with Crippen molar-refractivity contribution in [2.24, 2.45) is 0 Å². The molecule has 3 heterocycles. The minimum Gasteiger partial charge on any atom is -0.370 e. The topological polar surface area (TPSA) is 90.9 Å². The van der Waals surface area contributed by atoms with Crippen LogP contribution in [0.15, 0.2) is 47.6 Å². The number of hydrogen-bond donors (Lipinski definition) is 0. The summed E-state index contributed by atoms with van der Waals surface area (Å²) in [5.74, 6) is -0.456. The Hall–Kier alpha value is -3.15. The monoisotopic (exact) mass is 508 g/mol. The first kappa shape index (κ1) is 23.6. The Labute approximate surface area is 200 Å². The summed E-state index contributed by atoms with van der Waals surface area (Å²) in [6.45, 7) is 1.96. The van der Waals surface area contributed by atoms with Crippen molar-refractivity contribution in [3.63, 3.8) is 0 Å². The highest BCUT2D eigenvalue weighted by molar-refractivity contribution is 7.92. The van der Waals surface area contributed by atoms with Crippen LogP contribution in [0.25, 0.3) is 0 Å². The van der Waals surface area contributed by atoms with Gasteiger partial charge in [0.05, 0.1) is 29.0 Å². The number of imide groups is 1. The molecule has 5 rings (SSSR count). The van der Waals surface area contributed by atoms with Crippen molar-refractivity contribution in [2.75, 3.05) is 22.9 Å². The van der Waals surface area contributed by atoms with E-state index >= 15 is 0 Å². The SMILES string of the molecule is O=C1N(c2ccc(S(=O)(=O)C(F)(F)F)cc2)C(=O)C2(CC2)N1Cc1ccncc1N1CCCCC1. The predicted molar refractivity (Wildman–Crippen MR) is 120 cm³/mol. The lowest BCUT2D eigenvalue weighted by Gasteiger charge is -2.31. The van der Waals surface area contributed by atoms with Crippen molar-refractivity contribution in [2.45, 2.75) is 54.6 Å². The molecule has 12 heteroatoms. The van der Waals surface area contributed by atoms with E-state index in [1.54, 1.807) is 12.4 Å². The number of anilines is 2. The van der Waals surface area contributed by atoms with Gasteiger partial charge < -0.3 is 9.80 Å². The minimum absolute atomic E-state index is 0.0286. The lowest BCUT2D eigenvalue weighted by atomic mass is 10.1. The molecule has 0 radical (unpaired) electrons. The maximum atomic E-state index is 13.4. The molecule has 2 saturated heterocycles. The van der Waals surface area contributed by atoms with Gasteiger partial charge in [0.1, 0.15) is 5.54 Å².